The molecule has 0 aromatic heterocycles. The van der Waals surface area contributed by atoms with E-state index in [1.807, 2.05) is 6.92 Å². The van der Waals surface area contributed by atoms with Gasteiger partial charge >= 0.3 is 0 Å². The molecule has 2 atom stereocenters. The summed E-state index contributed by atoms with van der Waals surface area (Å²) in [6.07, 6.45) is 2.83. The molecule has 17 heavy (non-hydrogen) atoms. The first-order chi connectivity index (χ1) is 8.19. The van der Waals surface area contributed by atoms with Gasteiger partial charge in [0.1, 0.15) is 5.82 Å². The number of ether oxygens (including phenoxy) is 1. The molecule has 96 valence electrons. The number of hydrogen-bond donors (Lipinski definition) is 1. The number of halogens is 1. The average Bonchev–Trinajstić information content (AvgIpc) is 2.35. The van der Waals surface area contributed by atoms with Crippen LogP contribution in [0.3, 0.4) is 0 Å². The van der Waals surface area contributed by atoms with Crippen LogP contribution in [0.1, 0.15) is 44.8 Å². The second-order valence-electron chi connectivity index (χ2n) is 4.27. The smallest absolute Gasteiger partial charge is 0.123 e. The molecule has 2 nitrogen and oxygen atoms in total. The van der Waals surface area contributed by atoms with Gasteiger partial charge < -0.3 is 10.5 Å². The molecular weight excluding hydrogens is 217 g/mol. The molecule has 1 aromatic rings. The molecular formula is C14H22FNO. The molecule has 0 amide bonds. The minimum absolute atomic E-state index is 0.0442. The SMILES string of the molecule is CCCCOC(c1ccc(F)cc1)C(N)CC. The predicted molar refractivity (Wildman–Crippen MR) is 68.3 cm³/mol. The highest BCUT2D eigenvalue weighted by atomic mass is 19.1. The van der Waals surface area contributed by atoms with E-state index in [0.717, 1.165) is 24.8 Å². The zero-order chi connectivity index (χ0) is 12.7. The summed E-state index contributed by atoms with van der Waals surface area (Å²) in [4.78, 5) is 0. The van der Waals surface area contributed by atoms with Crippen LogP contribution in [-0.2, 0) is 4.74 Å². The zero-order valence-electron chi connectivity index (χ0n) is 10.7. The summed E-state index contributed by atoms with van der Waals surface area (Å²) in [6, 6.07) is 6.36. The fraction of sp³-hybridized carbons (Fsp3) is 0.571. The third-order valence-electron chi connectivity index (χ3n) is 2.85. The van der Waals surface area contributed by atoms with Gasteiger partial charge in [-0.3, -0.25) is 0 Å². The summed E-state index contributed by atoms with van der Waals surface area (Å²) in [5.74, 6) is -0.230. The lowest BCUT2D eigenvalue weighted by atomic mass is 10.0. The molecule has 0 radical (unpaired) electrons. The Bertz CT molecular complexity index is 313. The highest BCUT2D eigenvalue weighted by Crippen LogP contribution is 2.22. The van der Waals surface area contributed by atoms with E-state index in [2.05, 4.69) is 6.92 Å². The highest BCUT2D eigenvalue weighted by molar-refractivity contribution is 5.20. The van der Waals surface area contributed by atoms with Gasteiger partial charge in [0.25, 0.3) is 0 Å². The Morgan fingerprint density at radius 2 is 1.88 bits per heavy atom. The van der Waals surface area contributed by atoms with Gasteiger partial charge in [-0.25, -0.2) is 4.39 Å². The average molecular weight is 239 g/mol. The summed E-state index contributed by atoms with van der Waals surface area (Å²) >= 11 is 0. The highest BCUT2D eigenvalue weighted by Gasteiger charge is 2.18. The lowest BCUT2D eigenvalue weighted by molar-refractivity contribution is 0.0318. The Kier molecular flexibility index (Phi) is 6.16. The van der Waals surface area contributed by atoms with Crippen molar-refractivity contribution >= 4 is 0 Å². The van der Waals surface area contributed by atoms with Gasteiger partial charge in [0.15, 0.2) is 0 Å². The molecule has 0 aliphatic heterocycles. The van der Waals surface area contributed by atoms with Crippen molar-refractivity contribution in [3.8, 4) is 0 Å². The zero-order valence-corrected chi connectivity index (χ0v) is 10.7. The number of benzene rings is 1. The predicted octanol–water partition coefficient (Wildman–Crippen LogP) is 3.42. The molecule has 1 rings (SSSR count). The van der Waals surface area contributed by atoms with Crippen molar-refractivity contribution in [1.82, 2.24) is 0 Å². The molecule has 2 unspecified atom stereocenters. The summed E-state index contributed by atoms with van der Waals surface area (Å²) in [5, 5.41) is 0. The Morgan fingerprint density at radius 3 is 2.41 bits per heavy atom. The van der Waals surface area contributed by atoms with Gasteiger partial charge in [-0.05, 0) is 30.5 Å². The van der Waals surface area contributed by atoms with E-state index in [9.17, 15) is 4.39 Å². The molecule has 0 saturated carbocycles. The molecule has 0 fully saturated rings. The van der Waals surface area contributed by atoms with E-state index >= 15 is 0 Å². The first-order valence-electron chi connectivity index (χ1n) is 6.31. The summed E-state index contributed by atoms with van der Waals surface area (Å²) in [6.45, 7) is 4.85. The molecule has 0 aliphatic carbocycles. The van der Waals surface area contributed by atoms with Crippen LogP contribution in [0.15, 0.2) is 24.3 Å². The van der Waals surface area contributed by atoms with E-state index in [1.165, 1.54) is 12.1 Å². The van der Waals surface area contributed by atoms with Crippen LogP contribution in [0.4, 0.5) is 4.39 Å². The van der Waals surface area contributed by atoms with Crippen molar-refractivity contribution in [2.24, 2.45) is 5.73 Å². The van der Waals surface area contributed by atoms with Crippen molar-refractivity contribution < 1.29 is 9.13 Å². The van der Waals surface area contributed by atoms with Gasteiger partial charge in [0.2, 0.25) is 0 Å². The van der Waals surface area contributed by atoms with Crippen LogP contribution < -0.4 is 5.73 Å². The topological polar surface area (TPSA) is 35.2 Å². The maximum absolute atomic E-state index is 12.9. The quantitative estimate of drug-likeness (QED) is 0.740. The fourth-order valence-corrected chi connectivity index (χ4v) is 1.69. The Hall–Kier alpha value is -0.930. The summed E-state index contributed by atoms with van der Waals surface area (Å²) in [5.41, 5.74) is 7.01. The van der Waals surface area contributed by atoms with Crippen LogP contribution >= 0.6 is 0 Å². The van der Waals surface area contributed by atoms with E-state index in [4.69, 9.17) is 10.5 Å². The van der Waals surface area contributed by atoms with Crippen LogP contribution in [0.25, 0.3) is 0 Å². The first-order valence-corrected chi connectivity index (χ1v) is 6.31. The second-order valence-corrected chi connectivity index (χ2v) is 4.27. The molecule has 0 saturated heterocycles. The van der Waals surface area contributed by atoms with Crippen LogP contribution in [0.2, 0.25) is 0 Å². The number of rotatable bonds is 7. The largest absolute Gasteiger partial charge is 0.372 e. The normalized spacial score (nSPS) is 14.6. The summed E-state index contributed by atoms with van der Waals surface area (Å²) < 4.78 is 18.7. The van der Waals surface area contributed by atoms with Crippen molar-refractivity contribution in [2.75, 3.05) is 6.61 Å². The third-order valence-corrected chi connectivity index (χ3v) is 2.85. The van der Waals surface area contributed by atoms with E-state index < -0.39 is 0 Å². The van der Waals surface area contributed by atoms with E-state index in [0.29, 0.717) is 6.61 Å². The van der Waals surface area contributed by atoms with Crippen LogP contribution in [0.5, 0.6) is 0 Å². The Labute approximate surface area is 103 Å². The van der Waals surface area contributed by atoms with Gasteiger partial charge in [-0.2, -0.15) is 0 Å². The first kappa shape index (κ1) is 14.1. The van der Waals surface area contributed by atoms with E-state index in [-0.39, 0.29) is 18.0 Å². The standard InChI is InChI=1S/C14H22FNO/c1-3-5-10-17-14(13(16)4-2)11-6-8-12(15)9-7-11/h6-9,13-14H,3-5,10,16H2,1-2H3. The molecule has 1 aromatic carbocycles. The molecule has 2 N–H and O–H groups in total. The second kappa shape index (κ2) is 7.41. The van der Waals surface area contributed by atoms with E-state index in [1.54, 1.807) is 12.1 Å². The Balaban J connectivity index is 2.71. The van der Waals surface area contributed by atoms with Crippen molar-refractivity contribution in [1.29, 1.82) is 0 Å². The van der Waals surface area contributed by atoms with Crippen molar-refractivity contribution in [3.05, 3.63) is 35.6 Å². The lowest BCUT2D eigenvalue weighted by Crippen LogP contribution is -2.29. The molecule has 0 aliphatic rings. The fourth-order valence-electron chi connectivity index (χ4n) is 1.69. The molecule has 0 spiro atoms. The number of unbranched alkanes of at least 4 members (excludes halogenated alkanes) is 1. The van der Waals surface area contributed by atoms with Crippen molar-refractivity contribution in [2.45, 2.75) is 45.3 Å². The Morgan fingerprint density at radius 1 is 1.24 bits per heavy atom. The van der Waals surface area contributed by atoms with Gasteiger partial charge in [0.05, 0.1) is 6.10 Å². The van der Waals surface area contributed by atoms with Crippen LogP contribution in [0, 0.1) is 5.82 Å². The molecule has 0 heterocycles. The van der Waals surface area contributed by atoms with Gasteiger partial charge in [0, 0.05) is 12.6 Å². The van der Waals surface area contributed by atoms with Crippen LogP contribution in [-0.4, -0.2) is 12.6 Å². The molecule has 0 bridgehead atoms. The third kappa shape index (κ3) is 4.44. The lowest BCUT2D eigenvalue weighted by Gasteiger charge is -2.23. The van der Waals surface area contributed by atoms with Crippen molar-refractivity contribution in [3.63, 3.8) is 0 Å². The maximum atomic E-state index is 12.9. The summed E-state index contributed by atoms with van der Waals surface area (Å²) in [7, 11) is 0. The minimum atomic E-state index is -0.230. The number of hydrogen-bond acceptors (Lipinski definition) is 2. The number of nitrogens with two attached hydrogens (primary N) is 1. The molecule has 3 heteroatoms. The maximum Gasteiger partial charge on any atom is 0.123 e. The monoisotopic (exact) mass is 239 g/mol. The minimum Gasteiger partial charge on any atom is -0.372 e. The van der Waals surface area contributed by atoms with Gasteiger partial charge in [-0.15, -0.1) is 0 Å². The van der Waals surface area contributed by atoms with Gasteiger partial charge in [-0.1, -0.05) is 32.4 Å².